The summed E-state index contributed by atoms with van der Waals surface area (Å²) in [6, 6.07) is 0.661. The van der Waals surface area contributed by atoms with Crippen molar-refractivity contribution in [3.05, 3.63) is 60.4 Å². The van der Waals surface area contributed by atoms with Crippen molar-refractivity contribution < 1.29 is 28.0 Å². The van der Waals surface area contributed by atoms with E-state index in [1.165, 1.54) is 30.0 Å². The average molecular weight is 555 g/mol. The summed E-state index contributed by atoms with van der Waals surface area (Å²) < 4.78 is 29.1. The molecule has 2 aliphatic heterocycles. The second kappa shape index (κ2) is 11.6. The van der Waals surface area contributed by atoms with E-state index in [0.29, 0.717) is 12.8 Å². The topological polar surface area (TPSA) is 253 Å². The first-order chi connectivity index (χ1) is 18.1. The Morgan fingerprint density at radius 1 is 1.26 bits per heavy atom. The highest BCUT2D eigenvalue weighted by molar-refractivity contribution is 7.53. The lowest BCUT2D eigenvalue weighted by molar-refractivity contribution is -0.254. The van der Waals surface area contributed by atoms with Gasteiger partial charge < -0.3 is 20.1 Å². The van der Waals surface area contributed by atoms with E-state index in [1.54, 1.807) is 0 Å². The second-order valence-electron chi connectivity index (χ2n) is 8.59. The maximum absolute atomic E-state index is 12.9. The lowest BCUT2D eigenvalue weighted by Crippen LogP contribution is -2.34. The van der Waals surface area contributed by atoms with Gasteiger partial charge in [-0.15, -0.1) is 0 Å². The Morgan fingerprint density at radius 3 is 2.74 bits per heavy atom. The summed E-state index contributed by atoms with van der Waals surface area (Å²) in [5.74, 6) is 5.26. The van der Waals surface area contributed by atoms with Crippen LogP contribution in [0, 0.1) is 12.3 Å². The summed E-state index contributed by atoms with van der Waals surface area (Å²) in [4.78, 5) is 54.6. The summed E-state index contributed by atoms with van der Waals surface area (Å²) >= 11 is 0. The Bertz CT molecular complexity index is 1360. The number of hydrogen-bond acceptors (Lipinski definition) is 13. The molecule has 6 atom stereocenters. The highest BCUT2D eigenvalue weighted by atomic mass is 31.2. The number of nitrogens with two attached hydrogens (primary N) is 2. The molecular weight excluding hydrogens is 529 g/mol. The summed E-state index contributed by atoms with van der Waals surface area (Å²) in [7, 11) is -4.30. The van der Waals surface area contributed by atoms with Gasteiger partial charge in [0.15, 0.2) is 6.04 Å². The molecule has 0 bridgehead atoms. The Hall–Kier alpha value is -3.27. The van der Waals surface area contributed by atoms with Crippen LogP contribution in [-0.2, 0) is 23.1 Å². The van der Waals surface area contributed by atoms with Crippen LogP contribution < -0.4 is 38.9 Å². The monoisotopic (exact) mass is 555 g/mol. The lowest BCUT2D eigenvalue weighted by atomic mass is 10.1. The molecule has 1 radical (unpaired) electrons. The van der Waals surface area contributed by atoms with Crippen LogP contribution in [-0.4, -0.2) is 50.6 Å². The molecule has 1 unspecified atom stereocenters. The lowest BCUT2D eigenvalue weighted by Gasteiger charge is -2.25. The van der Waals surface area contributed by atoms with E-state index in [2.05, 4.69) is 25.1 Å². The molecule has 0 saturated carbocycles. The number of hydrogen-bond donors (Lipinski definition) is 3. The number of nitrogens with zero attached hydrogens (tertiary/aromatic N) is 6. The van der Waals surface area contributed by atoms with Crippen molar-refractivity contribution in [2.45, 2.75) is 56.9 Å². The normalized spacial score (nSPS) is 26.6. The van der Waals surface area contributed by atoms with Crippen LogP contribution in [0.3, 0.4) is 0 Å². The molecular formula is C19H26N9O9P+. The third-order valence-corrected chi connectivity index (χ3v) is 7.24. The first-order valence-corrected chi connectivity index (χ1v) is 12.9. The predicted octanol–water partition coefficient (Wildman–Crippen LogP) is -1.65. The molecule has 19 heteroatoms. The number of anilines is 1. The fourth-order valence-corrected chi connectivity index (χ4v) is 4.99. The number of phosphoric acid groups is 1. The van der Waals surface area contributed by atoms with Crippen LogP contribution in [0.25, 0.3) is 5.08 Å². The van der Waals surface area contributed by atoms with Gasteiger partial charge in [0.2, 0.25) is 0 Å². The van der Waals surface area contributed by atoms with Crippen molar-refractivity contribution in [2.24, 2.45) is 5.90 Å². The molecule has 0 spiro atoms. The molecule has 2 fully saturated rings. The van der Waals surface area contributed by atoms with E-state index in [1.807, 2.05) is 0 Å². The van der Waals surface area contributed by atoms with E-state index >= 15 is 0 Å². The first kappa shape index (κ1) is 27.8. The van der Waals surface area contributed by atoms with Crippen molar-refractivity contribution in [3.63, 3.8) is 0 Å². The molecule has 0 amide bonds. The van der Waals surface area contributed by atoms with Gasteiger partial charge >= 0.3 is 24.6 Å². The molecule has 2 saturated heterocycles. The molecule has 18 nitrogen and oxygen atoms in total. The van der Waals surface area contributed by atoms with Gasteiger partial charge in [-0.1, -0.05) is 4.62 Å². The quantitative estimate of drug-likeness (QED) is 0.169. The van der Waals surface area contributed by atoms with Crippen LogP contribution in [0.1, 0.15) is 37.3 Å². The number of nitrogens with one attached hydrogen (secondary N) is 1. The Labute approximate surface area is 214 Å². The van der Waals surface area contributed by atoms with Gasteiger partial charge in [0.05, 0.1) is 6.10 Å². The van der Waals surface area contributed by atoms with Crippen molar-refractivity contribution in [2.75, 3.05) is 18.9 Å². The minimum atomic E-state index is -4.30. The first-order valence-electron chi connectivity index (χ1n) is 11.4. The van der Waals surface area contributed by atoms with Crippen molar-refractivity contribution in [1.29, 1.82) is 5.39 Å². The Morgan fingerprint density at radius 2 is 2.03 bits per heavy atom. The van der Waals surface area contributed by atoms with Gasteiger partial charge in [0.25, 0.3) is 11.0 Å². The number of phosphoric ester groups is 1. The maximum atomic E-state index is 12.9. The highest BCUT2D eigenvalue weighted by Crippen LogP contribution is 2.53. The zero-order valence-corrected chi connectivity index (χ0v) is 21.0. The molecule has 2 aromatic rings. The highest BCUT2D eigenvalue weighted by Gasteiger charge is 2.45. The van der Waals surface area contributed by atoms with Crippen LogP contribution in [0.15, 0.2) is 32.8 Å². The summed E-state index contributed by atoms with van der Waals surface area (Å²) in [5, 5.41) is 11.7. The molecule has 0 aliphatic carbocycles. The minimum Gasteiger partial charge on any atom is -0.604 e. The summed E-state index contributed by atoms with van der Waals surface area (Å²) in [6.45, 7) is 0.858. The van der Waals surface area contributed by atoms with E-state index in [9.17, 15) is 19.3 Å². The zero-order valence-electron chi connectivity index (χ0n) is 20.1. The number of nitrogen functional groups attached to an aromatic ring is 1. The van der Waals surface area contributed by atoms with Crippen molar-refractivity contribution >= 4 is 14.0 Å². The molecule has 5 N–H and O–H groups in total. The minimum absolute atomic E-state index is 0.0782. The van der Waals surface area contributed by atoms with Crippen molar-refractivity contribution in [1.82, 2.24) is 24.5 Å². The van der Waals surface area contributed by atoms with E-state index in [0.717, 1.165) is 4.57 Å². The number of ether oxygens (including phenoxy) is 2. The SMILES string of the molecule is Cc1cn([C@H]2C[C@H]([N][N+]#N)[C@@H](CO[P+]([O-])(ON)OC[C@@H]3CC[C@H](n4ccc(N)nc4=O)O3)O2)c(=O)[nH]c1=O. The number of H-pyrrole nitrogens is 1. The number of aryl methyl sites for hydroxylation is 1. The van der Waals surface area contributed by atoms with Crippen LogP contribution in [0.2, 0.25) is 0 Å². The molecule has 4 heterocycles. The molecule has 4 rings (SSSR count). The van der Waals surface area contributed by atoms with Crippen LogP contribution in [0.4, 0.5) is 5.82 Å². The van der Waals surface area contributed by atoms with E-state index in [-0.39, 0.29) is 24.4 Å². The maximum Gasteiger partial charge on any atom is 0.403 e. The summed E-state index contributed by atoms with van der Waals surface area (Å²) in [5.41, 5.74) is 7.62. The Kier molecular flexibility index (Phi) is 8.50. The molecule has 38 heavy (non-hydrogen) atoms. The predicted molar refractivity (Wildman–Crippen MR) is 126 cm³/mol. The van der Waals surface area contributed by atoms with E-state index in [4.69, 9.17) is 35.5 Å². The fourth-order valence-electron chi connectivity index (χ4n) is 4.12. The third kappa shape index (κ3) is 6.23. The largest absolute Gasteiger partial charge is 0.604 e. The van der Waals surface area contributed by atoms with Crippen LogP contribution in [0.5, 0.6) is 0 Å². The van der Waals surface area contributed by atoms with Gasteiger partial charge in [-0.2, -0.15) is 19.9 Å². The molecule has 2 aliphatic rings. The average Bonchev–Trinajstić information content (AvgIpc) is 3.51. The second-order valence-corrected chi connectivity index (χ2v) is 10.2. The number of aromatic amines is 1. The third-order valence-electron chi connectivity index (χ3n) is 6.05. The van der Waals surface area contributed by atoms with Gasteiger partial charge in [0, 0.05) is 24.4 Å². The number of aromatic nitrogens is 4. The zero-order chi connectivity index (χ0) is 27.4. The fraction of sp³-hybridized carbons (Fsp3) is 0.579. The standard InChI is InChI=1S/C19H26N9O9P/c1-10-7-28(19(31)24-17(10)29)16-6-12(25-26-21)13(36-16)9-34-38(32,37-22)33-8-11-2-3-15(35-11)27-5-4-14(20)23-18(27)30/h4-5,7,11-13,15-16H,2-3,6,8-9,22H2,1H3,(H2,20,23,30)(H,24,29,31)/q+1/t11-,12-,13+,15+,16+,38?/m0/s1. The smallest absolute Gasteiger partial charge is 0.403 e. The van der Waals surface area contributed by atoms with Gasteiger partial charge in [0.1, 0.15) is 43.0 Å². The Balaban J connectivity index is 1.34. The van der Waals surface area contributed by atoms with E-state index < -0.39 is 62.4 Å². The van der Waals surface area contributed by atoms with Gasteiger partial charge in [-0.05, 0) is 25.8 Å². The summed E-state index contributed by atoms with van der Waals surface area (Å²) in [6.07, 6.45) is 0.779. The molecule has 2 aromatic heterocycles. The molecule has 205 valence electrons. The number of diazo groups is 1. The molecule has 0 aromatic carbocycles. The van der Waals surface area contributed by atoms with Crippen LogP contribution >= 0.6 is 8.17 Å². The number of rotatable bonds is 10. The van der Waals surface area contributed by atoms with Gasteiger partial charge in [-0.25, -0.2) is 9.59 Å². The van der Waals surface area contributed by atoms with Crippen molar-refractivity contribution in [3.8, 4) is 0 Å². The van der Waals surface area contributed by atoms with Gasteiger partial charge in [-0.3, -0.25) is 18.9 Å².